The lowest BCUT2D eigenvalue weighted by molar-refractivity contribution is 0.0693. The fraction of sp³-hybridized carbons (Fsp3) is 0.667. The molecule has 1 aliphatic heterocycles. The Bertz CT molecular complexity index is 447. The molecule has 1 aromatic heterocycles. The molecule has 0 radical (unpaired) electrons. The molecule has 1 aliphatic rings. The molecule has 2 rings (SSSR count). The highest BCUT2D eigenvalue weighted by Gasteiger charge is 2.27. The highest BCUT2D eigenvalue weighted by molar-refractivity contribution is 8.00. The van der Waals surface area contributed by atoms with E-state index in [1.807, 2.05) is 11.8 Å². The molecule has 1 N–H and O–H groups in total. The Balaban J connectivity index is 2.18. The summed E-state index contributed by atoms with van der Waals surface area (Å²) in [5, 5.41) is 13.8. The molecule has 2 atom stereocenters. The Morgan fingerprint density at radius 1 is 1.61 bits per heavy atom. The van der Waals surface area contributed by atoms with E-state index in [-0.39, 0.29) is 0 Å². The number of carboxylic acids is 1. The zero-order valence-corrected chi connectivity index (χ0v) is 11.8. The Morgan fingerprint density at radius 2 is 2.33 bits per heavy atom. The number of hydrogen-bond donors (Lipinski definition) is 1. The minimum Gasteiger partial charge on any atom is -0.478 e. The van der Waals surface area contributed by atoms with Gasteiger partial charge in [0, 0.05) is 37.2 Å². The van der Waals surface area contributed by atoms with Crippen LogP contribution in [0.2, 0.25) is 0 Å². The van der Waals surface area contributed by atoms with Gasteiger partial charge in [-0.2, -0.15) is 16.9 Å². The lowest BCUT2D eigenvalue weighted by atomic mass is 10.1. The number of aryl methyl sites for hydroxylation is 1. The predicted molar refractivity (Wildman–Crippen MR) is 72.0 cm³/mol. The Hall–Kier alpha value is -1.01. The van der Waals surface area contributed by atoms with Gasteiger partial charge in [0.15, 0.2) is 0 Å². The molecule has 2 heterocycles. The average Bonchev–Trinajstić information content (AvgIpc) is 2.67. The van der Waals surface area contributed by atoms with E-state index in [1.165, 1.54) is 6.20 Å². The molecule has 2 unspecified atom stereocenters. The Kier molecular flexibility index (Phi) is 3.97. The van der Waals surface area contributed by atoms with E-state index < -0.39 is 5.97 Å². The Labute approximate surface area is 111 Å². The van der Waals surface area contributed by atoms with Crippen molar-refractivity contribution in [3.8, 4) is 0 Å². The van der Waals surface area contributed by atoms with Gasteiger partial charge in [0.25, 0.3) is 0 Å². The number of aromatic nitrogens is 2. The molecule has 0 saturated carbocycles. The fourth-order valence-corrected chi connectivity index (χ4v) is 3.40. The molecule has 0 amide bonds. The van der Waals surface area contributed by atoms with Crippen LogP contribution in [0.15, 0.2) is 6.20 Å². The van der Waals surface area contributed by atoms with Crippen molar-refractivity contribution in [3.05, 3.63) is 17.5 Å². The summed E-state index contributed by atoms with van der Waals surface area (Å²) in [6.07, 6.45) is 1.43. The van der Waals surface area contributed by atoms with Crippen LogP contribution < -0.4 is 0 Å². The van der Waals surface area contributed by atoms with E-state index in [0.717, 1.165) is 18.0 Å². The summed E-state index contributed by atoms with van der Waals surface area (Å²) in [5.41, 5.74) is 1.10. The van der Waals surface area contributed by atoms with Gasteiger partial charge in [-0.3, -0.25) is 9.58 Å². The SMILES string of the molecule is CC1SCCN(Cc2c(C(=O)O)cnn2C)C1C. The molecule has 0 spiro atoms. The van der Waals surface area contributed by atoms with Gasteiger partial charge in [-0.1, -0.05) is 6.92 Å². The normalized spacial score (nSPS) is 25.3. The molecule has 18 heavy (non-hydrogen) atoms. The summed E-state index contributed by atoms with van der Waals surface area (Å²) in [6, 6.07) is 0.459. The number of nitrogens with zero attached hydrogens (tertiary/aromatic N) is 3. The first-order valence-electron chi connectivity index (χ1n) is 6.10. The first-order chi connectivity index (χ1) is 8.50. The summed E-state index contributed by atoms with van der Waals surface area (Å²) in [7, 11) is 1.80. The summed E-state index contributed by atoms with van der Waals surface area (Å²) in [4.78, 5) is 13.5. The zero-order chi connectivity index (χ0) is 13.3. The Morgan fingerprint density at radius 3 is 3.00 bits per heavy atom. The van der Waals surface area contributed by atoms with Crippen molar-refractivity contribution in [2.75, 3.05) is 12.3 Å². The molecular formula is C12H19N3O2S. The van der Waals surface area contributed by atoms with Crippen LogP contribution >= 0.6 is 11.8 Å². The van der Waals surface area contributed by atoms with E-state index in [9.17, 15) is 4.79 Å². The molecule has 6 heteroatoms. The first-order valence-corrected chi connectivity index (χ1v) is 7.15. The molecule has 100 valence electrons. The molecular weight excluding hydrogens is 250 g/mol. The monoisotopic (exact) mass is 269 g/mol. The van der Waals surface area contributed by atoms with Crippen LogP contribution in [0.25, 0.3) is 0 Å². The maximum Gasteiger partial charge on any atom is 0.339 e. The van der Waals surface area contributed by atoms with E-state index >= 15 is 0 Å². The van der Waals surface area contributed by atoms with Crippen LogP contribution in [0.1, 0.15) is 29.9 Å². The quantitative estimate of drug-likeness (QED) is 0.900. The molecule has 5 nitrogen and oxygen atoms in total. The lowest BCUT2D eigenvalue weighted by Crippen LogP contribution is -2.44. The largest absolute Gasteiger partial charge is 0.478 e. The van der Waals surface area contributed by atoms with Crippen molar-refractivity contribution in [3.63, 3.8) is 0 Å². The maximum absolute atomic E-state index is 11.1. The van der Waals surface area contributed by atoms with Gasteiger partial charge in [0.1, 0.15) is 5.56 Å². The highest BCUT2D eigenvalue weighted by atomic mass is 32.2. The second kappa shape index (κ2) is 5.32. The van der Waals surface area contributed by atoms with Gasteiger partial charge >= 0.3 is 5.97 Å². The third-order valence-corrected chi connectivity index (χ3v) is 5.00. The maximum atomic E-state index is 11.1. The van der Waals surface area contributed by atoms with Crippen LogP contribution in [-0.2, 0) is 13.6 Å². The first kappa shape index (κ1) is 13.4. The van der Waals surface area contributed by atoms with Crippen LogP contribution in [0, 0.1) is 0 Å². The van der Waals surface area contributed by atoms with Gasteiger partial charge < -0.3 is 5.11 Å². The smallest absolute Gasteiger partial charge is 0.339 e. The number of hydrogen-bond acceptors (Lipinski definition) is 4. The standard InChI is InChI=1S/C12H19N3O2S/c1-8-9(2)18-5-4-15(8)7-11-10(12(16)17)6-13-14(11)3/h6,8-9H,4-5,7H2,1-3H3,(H,16,17). The second-order valence-corrected chi connectivity index (χ2v) is 6.21. The average molecular weight is 269 g/mol. The molecule has 1 fully saturated rings. The number of rotatable bonds is 3. The van der Waals surface area contributed by atoms with Crippen molar-refractivity contribution in [1.29, 1.82) is 0 Å². The van der Waals surface area contributed by atoms with E-state index in [2.05, 4.69) is 23.8 Å². The third-order valence-electron chi connectivity index (χ3n) is 3.66. The van der Waals surface area contributed by atoms with E-state index in [4.69, 9.17) is 5.11 Å². The van der Waals surface area contributed by atoms with E-state index in [1.54, 1.807) is 11.7 Å². The summed E-state index contributed by atoms with van der Waals surface area (Å²) in [5.74, 6) is 0.205. The molecule has 1 aromatic rings. The summed E-state index contributed by atoms with van der Waals surface area (Å²) >= 11 is 1.98. The topological polar surface area (TPSA) is 58.4 Å². The van der Waals surface area contributed by atoms with Gasteiger partial charge in [-0.15, -0.1) is 0 Å². The van der Waals surface area contributed by atoms with Gasteiger partial charge in [0.05, 0.1) is 11.9 Å². The number of carbonyl (C=O) groups is 1. The minimum atomic E-state index is -0.898. The van der Waals surface area contributed by atoms with Crippen LogP contribution in [0.3, 0.4) is 0 Å². The third kappa shape index (κ3) is 2.54. The molecule has 0 aliphatic carbocycles. The van der Waals surface area contributed by atoms with Crippen molar-refractivity contribution >= 4 is 17.7 Å². The van der Waals surface area contributed by atoms with Crippen molar-refractivity contribution in [1.82, 2.24) is 14.7 Å². The summed E-state index contributed by atoms with van der Waals surface area (Å²) in [6.45, 7) is 6.08. The van der Waals surface area contributed by atoms with E-state index in [0.29, 0.717) is 23.4 Å². The van der Waals surface area contributed by atoms with Gasteiger partial charge in [-0.25, -0.2) is 4.79 Å². The summed E-state index contributed by atoms with van der Waals surface area (Å²) < 4.78 is 1.67. The van der Waals surface area contributed by atoms with Gasteiger partial charge in [-0.05, 0) is 6.92 Å². The number of thioether (sulfide) groups is 1. The molecule has 0 bridgehead atoms. The van der Waals surface area contributed by atoms with Crippen LogP contribution in [0.4, 0.5) is 0 Å². The zero-order valence-electron chi connectivity index (χ0n) is 11.0. The van der Waals surface area contributed by atoms with Crippen LogP contribution in [-0.4, -0.2) is 49.3 Å². The fourth-order valence-electron chi connectivity index (χ4n) is 2.24. The second-order valence-electron chi connectivity index (χ2n) is 4.72. The highest BCUT2D eigenvalue weighted by Crippen LogP contribution is 2.26. The number of aromatic carboxylic acids is 1. The van der Waals surface area contributed by atoms with Crippen molar-refractivity contribution in [2.24, 2.45) is 7.05 Å². The predicted octanol–water partition coefficient (Wildman–Crippen LogP) is 1.44. The van der Waals surface area contributed by atoms with Gasteiger partial charge in [0.2, 0.25) is 0 Å². The molecule has 0 aromatic carbocycles. The van der Waals surface area contributed by atoms with Crippen LogP contribution in [0.5, 0.6) is 0 Å². The number of carboxylic acid groups (broad SMARTS) is 1. The van der Waals surface area contributed by atoms with Crippen molar-refractivity contribution < 1.29 is 9.90 Å². The minimum absolute atomic E-state index is 0.315. The van der Waals surface area contributed by atoms with Crippen molar-refractivity contribution in [2.45, 2.75) is 31.7 Å². The lowest BCUT2D eigenvalue weighted by Gasteiger charge is -2.37. The molecule has 1 saturated heterocycles.